The van der Waals surface area contributed by atoms with Gasteiger partial charge in [-0.2, -0.15) is 0 Å². The van der Waals surface area contributed by atoms with Crippen LogP contribution in [0, 0.1) is 0 Å². The zero-order valence-electron chi connectivity index (χ0n) is 11.4. The van der Waals surface area contributed by atoms with Crippen LogP contribution in [0.2, 0.25) is 5.02 Å². The van der Waals surface area contributed by atoms with Gasteiger partial charge in [0.15, 0.2) is 0 Å². The van der Waals surface area contributed by atoms with Gasteiger partial charge in [-0.15, -0.1) is 0 Å². The molecule has 18 heavy (non-hydrogen) atoms. The average molecular weight is 271 g/mol. The van der Waals surface area contributed by atoms with Gasteiger partial charge < -0.3 is 10.1 Å². The number of nitrogens with zero attached hydrogens (tertiary/aromatic N) is 1. The molecule has 4 heteroatoms. The Morgan fingerprint density at radius 2 is 2.22 bits per heavy atom. The van der Waals surface area contributed by atoms with Crippen molar-refractivity contribution in [2.24, 2.45) is 0 Å². The van der Waals surface area contributed by atoms with Crippen LogP contribution in [0.1, 0.15) is 13.8 Å². The van der Waals surface area contributed by atoms with Crippen LogP contribution in [0.15, 0.2) is 24.3 Å². The molecule has 3 nitrogen and oxygen atoms in total. The molecule has 1 atom stereocenters. The molecule has 0 radical (unpaired) electrons. The van der Waals surface area contributed by atoms with Crippen LogP contribution in [0.25, 0.3) is 0 Å². The van der Waals surface area contributed by atoms with Crippen molar-refractivity contribution in [2.45, 2.75) is 19.9 Å². The van der Waals surface area contributed by atoms with Gasteiger partial charge >= 0.3 is 0 Å². The number of rotatable bonds is 8. The summed E-state index contributed by atoms with van der Waals surface area (Å²) in [6, 6.07) is 8.25. The molecule has 1 aromatic rings. The van der Waals surface area contributed by atoms with Crippen molar-refractivity contribution in [3.05, 3.63) is 29.3 Å². The monoisotopic (exact) mass is 270 g/mol. The van der Waals surface area contributed by atoms with E-state index in [-0.39, 0.29) is 0 Å². The quantitative estimate of drug-likeness (QED) is 0.786. The Morgan fingerprint density at radius 3 is 2.83 bits per heavy atom. The third-order valence-electron chi connectivity index (χ3n) is 2.99. The molecule has 0 fully saturated rings. The minimum absolute atomic E-state index is 0.446. The molecule has 0 spiro atoms. The summed E-state index contributed by atoms with van der Waals surface area (Å²) in [6.45, 7) is 8.06. The van der Waals surface area contributed by atoms with Crippen molar-refractivity contribution >= 4 is 17.3 Å². The van der Waals surface area contributed by atoms with Gasteiger partial charge in [0, 0.05) is 37.0 Å². The highest BCUT2D eigenvalue weighted by Gasteiger charge is 2.10. The lowest BCUT2D eigenvalue weighted by Crippen LogP contribution is -2.39. The maximum atomic E-state index is 5.94. The number of methoxy groups -OCH3 is 1. The summed E-state index contributed by atoms with van der Waals surface area (Å²) in [5.41, 5.74) is 1.07. The van der Waals surface area contributed by atoms with Crippen LogP contribution in [0.5, 0.6) is 0 Å². The van der Waals surface area contributed by atoms with E-state index in [1.165, 1.54) is 0 Å². The van der Waals surface area contributed by atoms with E-state index in [9.17, 15) is 0 Å². The van der Waals surface area contributed by atoms with E-state index in [0.29, 0.717) is 6.04 Å². The van der Waals surface area contributed by atoms with Crippen LogP contribution in [-0.2, 0) is 4.74 Å². The van der Waals surface area contributed by atoms with E-state index in [2.05, 4.69) is 24.1 Å². The number of likely N-dealkylation sites (N-methyl/N-ethyl adjacent to an activating group) is 1. The van der Waals surface area contributed by atoms with E-state index in [1.54, 1.807) is 7.11 Å². The smallest absolute Gasteiger partial charge is 0.0615 e. The predicted molar refractivity (Wildman–Crippen MR) is 78.5 cm³/mol. The minimum atomic E-state index is 0.446. The Labute approximate surface area is 115 Å². The lowest BCUT2D eigenvalue weighted by atomic mass is 10.3. The fourth-order valence-corrected chi connectivity index (χ4v) is 2.17. The highest BCUT2D eigenvalue weighted by Crippen LogP contribution is 2.14. The second kappa shape index (κ2) is 8.35. The molecule has 1 rings (SSSR count). The highest BCUT2D eigenvalue weighted by molar-refractivity contribution is 6.30. The van der Waals surface area contributed by atoms with Crippen molar-refractivity contribution in [3.8, 4) is 0 Å². The van der Waals surface area contributed by atoms with Gasteiger partial charge in [0.2, 0.25) is 0 Å². The molecule has 0 amide bonds. The first kappa shape index (κ1) is 15.3. The van der Waals surface area contributed by atoms with Gasteiger partial charge in [-0.25, -0.2) is 0 Å². The summed E-state index contributed by atoms with van der Waals surface area (Å²) < 4.78 is 5.19. The Balaban J connectivity index is 2.35. The molecule has 102 valence electrons. The molecule has 0 saturated heterocycles. The summed E-state index contributed by atoms with van der Waals surface area (Å²) in [4.78, 5) is 2.39. The third-order valence-corrected chi connectivity index (χ3v) is 3.23. The van der Waals surface area contributed by atoms with Crippen LogP contribution in [-0.4, -0.2) is 44.3 Å². The van der Waals surface area contributed by atoms with E-state index in [0.717, 1.165) is 37.0 Å². The third kappa shape index (κ3) is 5.25. The minimum Gasteiger partial charge on any atom is -0.384 e. The molecule has 0 aliphatic rings. The molecular formula is C14H23ClN2O. The molecule has 0 heterocycles. The first-order chi connectivity index (χ1) is 8.67. The zero-order chi connectivity index (χ0) is 13.4. The largest absolute Gasteiger partial charge is 0.384 e. The summed E-state index contributed by atoms with van der Waals surface area (Å²) in [7, 11) is 1.74. The standard InChI is InChI=1S/C14H23ClN2O/c1-4-17(12(2)11-18-3)9-8-16-14-7-5-6-13(15)10-14/h5-7,10,12,16H,4,8-9,11H2,1-3H3. The Bertz CT molecular complexity index is 346. The van der Waals surface area contributed by atoms with Crippen LogP contribution in [0.4, 0.5) is 5.69 Å². The summed E-state index contributed by atoms with van der Waals surface area (Å²) in [5.74, 6) is 0. The van der Waals surface area contributed by atoms with Gasteiger partial charge in [0.05, 0.1) is 6.61 Å². The number of benzene rings is 1. The fourth-order valence-electron chi connectivity index (χ4n) is 1.98. The molecule has 0 bridgehead atoms. The molecule has 0 aromatic heterocycles. The summed E-state index contributed by atoms with van der Waals surface area (Å²) >= 11 is 5.94. The first-order valence-electron chi connectivity index (χ1n) is 6.39. The van der Waals surface area contributed by atoms with Crippen LogP contribution < -0.4 is 5.32 Å². The SMILES string of the molecule is CCN(CCNc1cccc(Cl)c1)C(C)COC. The Hall–Kier alpha value is -0.770. The number of hydrogen-bond acceptors (Lipinski definition) is 3. The van der Waals surface area contributed by atoms with Crippen molar-refractivity contribution in [1.82, 2.24) is 4.90 Å². The predicted octanol–water partition coefficient (Wildman–Crippen LogP) is 3.11. The van der Waals surface area contributed by atoms with Gasteiger partial charge in [-0.3, -0.25) is 4.90 Å². The fraction of sp³-hybridized carbons (Fsp3) is 0.571. The number of hydrogen-bond donors (Lipinski definition) is 1. The number of halogens is 1. The molecule has 1 aromatic carbocycles. The summed E-state index contributed by atoms with van der Waals surface area (Å²) in [6.07, 6.45) is 0. The van der Waals surface area contributed by atoms with E-state index in [1.807, 2.05) is 24.3 Å². The molecule has 1 N–H and O–H groups in total. The van der Waals surface area contributed by atoms with Gasteiger partial charge in [0.1, 0.15) is 0 Å². The van der Waals surface area contributed by atoms with Crippen molar-refractivity contribution in [1.29, 1.82) is 0 Å². The highest BCUT2D eigenvalue weighted by atomic mass is 35.5. The number of ether oxygens (including phenoxy) is 1. The van der Waals surface area contributed by atoms with Crippen molar-refractivity contribution < 1.29 is 4.74 Å². The van der Waals surface area contributed by atoms with E-state index in [4.69, 9.17) is 16.3 Å². The van der Waals surface area contributed by atoms with Gasteiger partial charge in [-0.05, 0) is 31.7 Å². The lowest BCUT2D eigenvalue weighted by molar-refractivity contribution is 0.105. The average Bonchev–Trinajstić information content (AvgIpc) is 2.35. The number of nitrogens with one attached hydrogen (secondary N) is 1. The molecule has 0 aliphatic carbocycles. The summed E-state index contributed by atoms with van der Waals surface area (Å²) in [5, 5.41) is 4.14. The molecule has 1 unspecified atom stereocenters. The van der Waals surface area contributed by atoms with Gasteiger partial charge in [-0.1, -0.05) is 24.6 Å². The number of anilines is 1. The topological polar surface area (TPSA) is 24.5 Å². The molecule has 0 saturated carbocycles. The first-order valence-corrected chi connectivity index (χ1v) is 6.77. The second-order valence-corrected chi connectivity index (χ2v) is 4.81. The Morgan fingerprint density at radius 1 is 1.44 bits per heavy atom. The van der Waals surface area contributed by atoms with Gasteiger partial charge in [0.25, 0.3) is 0 Å². The van der Waals surface area contributed by atoms with Crippen LogP contribution >= 0.6 is 11.6 Å². The Kier molecular flexibility index (Phi) is 7.09. The zero-order valence-corrected chi connectivity index (χ0v) is 12.2. The van der Waals surface area contributed by atoms with Crippen molar-refractivity contribution in [2.75, 3.05) is 38.7 Å². The molecule has 0 aliphatic heterocycles. The second-order valence-electron chi connectivity index (χ2n) is 4.37. The van der Waals surface area contributed by atoms with E-state index >= 15 is 0 Å². The van der Waals surface area contributed by atoms with Crippen molar-refractivity contribution in [3.63, 3.8) is 0 Å². The van der Waals surface area contributed by atoms with E-state index < -0.39 is 0 Å². The maximum Gasteiger partial charge on any atom is 0.0615 e. The lowest BCUT2D eigenvalue weighted by Gasteiger charge is -2.27. The normalized spacial score (nSPS) is 12.7. The van der Waals surface area contributed by atoms with Crippen LogP contribution in [0.3, 0.4) is 0 Å². The maximum absolute atomic E-state index is 5.94. The molecular weight excluding hydrogens is 248 g/mol.